The summed E-state index contributed by atoms with van der Waals surface area (Å²) < 4.78 is 11.8. The number of piperazine rings is 1. The molecule has 2 atom stereocenters. The smallest absolute Gasteiger partial charge is 0.410 e. The molecule has 2 aliphatic heterocycles. The molecule has 0 radical (unpaired) electrons. The minimum Gasteiger partial charge on any atom is -0.491 e. The number of nitrogens with one attached hydrogen (secondary N) is 1. The Morgan fingerprint density at radius 2 is 1.78 bits per heavy atom. The first-order valence-corrected chi connectivity index (χ1v) is 17.2. The van der Waals surface area contributed by atoms with Crippen LogP contribution in [0.25, 0.3) is 11.4 Å². The predicted octanol–water partition coefficient (Wildman–Crippen LogP) is 6.90. The first kappa shape index (κ1) is 32.5. The van der Waals surface area contributed by atoms with Gasteiger partial charge in [-0.05, 0) is 88.8 Å². The summed E-state index contributed by atoms with van der Waals surface area (Å²) in [6.07, 6.45) is 9.85. The molecule has 246 valence electrons. The fourth-order valence-corrected chi connectivity index (χ4v) is 7.39. The number of amides is 1. The lowest BCUT2D eigenvalue weighted by atomic mass is 9.85. The zero-order valence-electron chi connectivity index (χ0n) is 27.5. The second kappa shape index (κ2) is 13.7. The Morgan fingerprint density at radius 1 is 1.09 bits per heavy atom. The second-order valence-electron chi connectivity index (χ2n) is 14.4. The number of aromatic nitrogens is 2. The third-order valence-electron chi connectivity index (χ3n) is 9.68. The molecule has 0 spiro atoms. The van der Waals surface area contributed by atoms with Crippen molar-refractivity contribution in [1.82, 2.24) is 19.8 Å². The van der Waals surface area contributed by atoms with Crippen molar-refractivity contribution in [3.05, 3.63) is 59.1 Å². The number of carbonyl (C=O) groups is 1. The third-order valence-corrected chi connectivity index (χ3v) is 10.0. The molecule has 1 saturated carbocycles. The summed E-state index contributed by atoms with van der Waals surface area (Å²) in [4.78, 5) is 27.4. The highest BCUT2D eigenvalue weighted by molar-refractivity contribution is 6.30. The molecule has 1 aromatic carbocycles. The number of hydrogen-bond acceptors (Lipinski definition) is 7. The van der Waals surface area contributed by atoms with Crippen molar-refractivity contribution in [2.75, 3.05) is 50.7 Å². The number of benzene rings is 1. The van der Waals surface area contributed by atoms with Crippen LogP contribution >= 0.6 is 11.6 Å². The third kappa shape index (κ3) is 7.72. The maximum atomic E-state index is 12.4. The zero-order chi connectivity index (χ0) is 32.4. The molecule has 10 heteroatoms. The summed E-state index contributed by atoms with van der Waals surface area (Å²) in [6.45, 7) is 14.2. The second-order valence-corrected chi connectivity index (χ2v) is 14.9. The molecule has 1 amide bonds. The van der Waals surface area contributed by atoms with Crippen molar-refractivity contribution >= 4 is 23.4 Å². The Bertz CT molecular complexity index is 1470. The van der Waals surface area contributed by atoms with Gasteiger partial charge < -0.3 is 24.3 Å². The molecule has 46 heavy (non-hydrogen) atoms. The van der Waals surface area contributed by atoms with Crippen molar-refractivity contribution in [3.63, 3.8) is 0 Å². The molecule has 3 heterocycles. The van der Waals surface area contributed by atoms with Crippen LogP contribution in [0, 0.1) is 29.1 Å². The average molecular weight is 647 g/mol. The summed E-state index contributed by atoms with van der Waals surface area (Å²) in [5.74, 6) is 2.58. The van der Waals surface area contributed by atoms with E-state index in [1.807, 2.05) is 50.9 Å². The lowest BCUT2D eigenvalue weighted by Crippen LogP contribution is -2.55. The zero-order valence-corrected chi connectivity index (χ0v) is 28.3. The maximum absolute atomic E-state index is 12.4. The Kier molecular flexibility index (Phi) is 9.67. The maximum Gasteiger partial charge on any atom is 0.410 e. The van der Waals surface area contributed by atoms with Gasteiger partial charge in [0.2, 0.25) is 0 Å². The van der Waals surface area contributed by atoms with E-state index in [1.54, 1.807) is 0 Å². The molecule has 1 N–H and O–H groups in total. The number of imidazole rings is 1. The van der Waals surface area contributed by atoms with Crippen molar-refractivity contribution in [1.29, 1.82) is 5.26 Å². The van der Waals surface area contributed by atoms with Crippen LogP contribution < -0.4 is 4.90 Å². The van der Waals surface area contributed by atoms with Crippen LogP contribution in [-0.2, 0) is 9.47 Å². The van der Waals surface area contributed by atoms with Crippen LogP contribution in [0.5, 0.6) is 0 Å². The number of hydrogen-bond donors (Lipinski definition) is 1. The molecule has 0 bridgehead atoms. The van der Waals surface area contributed by atoms with E-state index in [0.717, 1.165) is 88.6 Å². The van der Waals surface area contributed by atoms with Gasteiger partial charge in [-0.1, -0.05) is 18.5 Å². The van der Waals surface area contributed by atoms with Gasteiger partial charge in [0.25, 0.3) is 0 Å². The predicted molar refractivity (Wildman–Crippen MR) is 180 cm³/mol. The summed E-state index contributed by atoms with van der Waals surface area (Å²) in [7, 11) is 0. The van der Waals surface area contributed by atoms with Crippen molar-refractivity contribution < 1.29 is 14.3 Å². The quantitative estimate of drug-likeness (QED) is 0.349. The number of ether oxygens (including phenoxy) is 2. The molecule has 4 aliphatic rings. The van der Waals surface area contributed by atoms with Gasteiger partial charge in [-0.3, -0.25) is 4.90 Å². The van der Waals surface area contributed by atoms with Crippen LogP contribution in [0.4, 0.5) is 10.5 Å². The van der Waals surface area contributed by atoms with E-state index in [9.17, 15) is 10.1 Å². The first-order chi connectivity index (χ1) is 22.0. The SMILES string of the molecule is CC1C=C(OC2CCC(c3cnc(-c4ccc(N5CC(CN6CCN(C(=O)OC(C)(C)C)CC6)C5)cc4)[nH]3)CC2)C=C(Cl)C1C#N. The van der Waals surface area contributed by atoms with E-state index >= 15 is 0 Å². The van der Waals surface area contributed by atoms with Gasteiger partial charge in [-0.25, -0.2) is 9.78 Å². The summed E-state index contributed by atoms with van der Waals surface area (Å²) in [5, 5.41) is 9.89. The molecule has 6 rings (SSSR count). The highest BCUT2D eigenvalue weighted by Crippen LogP contribution is 2.37. The standard InChI is InChI=1S/C36H47ClN6O3/c1-24-17-30(18-32(37)31(24)19-38)45-29-11-7-26(8-12-29)33-20-39-34(40-33)27-5-9-28(10-6-27)43-22-25(23-43)21-41-13-15-42(16-14-41)35(44)46-36(2,3)4/h5-6,9-10,17-18,20,24-26,29,31H,7-8,11-16,21-23H2,1-4H3,(H,39,40). The van der Waals surface area contributed by atoms with Crippen molar-refractivity contribution in [2.24, 2.45) is 17.8 Å². The van der Waals surface area contributed by atoms with Crippen molar-refractivity contribution in [3.8, 4) is 17.5 Å². The highest BCUT2D eigenvalue weighted by atomic mass is 35.5. The lowest BCUT2D eigenvalue weighted by molar-refractivity contribution is 0.0129. The fourth-order valence-electron chi connectivity index (χ4n) is 7.04. The number of rotatable bonds is 7. The van der Waals surface area contributed by atoms with Crippen LogP contribution in [0.15, 0.2) is 53.4 Å². The summed E-state index contributed by atoms with van der Waals surface area (Å²) in [5.41, 5.74) is 3.09. The Labute approximate surface area is 278 Å². The van der Waals surface area contributed by atoms with Gasteiger partial charge in [-0.2, -0.15) is 5.26 Å². The highest BCUT2D eigenvalue weighted by Gasteiger charge is 2.32. The number of nitriles is 1. The van der Waals surface area contributed by atoms with Crippen LogP contribution in [0.2, 0.25) is 0 Å². The van der Waals surface area contributed by atoms with Gasteiger partial charge in [0.15, 0.2) is 0 Å². The number of anilines is 1. The molecule has 3 fully saturated rings. The van der Waals surface area contributed by atoms with Crippen LogP contribution in [0.3, 0.4) is 0 Å². The Balaban J connectivity index is 0.926. The molecule has 1 aromatic heterocycles. The van der Waals surface area contributed by atoms with Crippen molar-refractivity contribution in [2.45, 2.75) is 71.0 Å². The van der Waals surface area contributed by atoms with E-state index in [0.29, 0.717) is 16.9 Å². The Morgan fingerprint density at radius 3 is 2.41 bits per heavy atom. The monoisotopic (exact) mass is 646 g/mol. The molecule has 2 saturated heterocycles. The van der Waals surface area contributed by atoms with Gasteiger partial charge >= 0.3 is 6.09 Å². The molecular weight excluding hydrogens is 600 g/mol. The molecule has 9 nitrogen and oxygen atoms in total. The number of halogens is 1. The van der Waals surface area contributed by atoms with Gasteiger partial charge in [0.1, 0.15) is 17.2 Å². The fraction of sp³-hybridized carbons (Fsp3) is 0.583. The molecular formula is C36H47ClN6O3. The number of carbonyl (C=O) groups excluding carboxylic acids is 1. The molecule has 2 aromatic rings. The number of allylic oxidation sites excluding steroid dienone is 3. The van der Waals surface area contributed by atoms with Crippen LogP contribution in [-0.4, -0.2) is 83.4 Å². The first-order valence-electron chi connectivity index (χ1n) is 16.8. The van der Waals surface area contributed by atoms with Crippen LogP contribution in [0.1, 0.15) is 65.0 Å². The summed E-state index contributed by atoms with van der Waals surface area (Å²) in [6, 6.07) is 11.0. The van der Waals surface area contributed by atoms with E-state index in [2.05, 4.69) is 45.1 Å². The topological polar surface area (TPSA) is 97.7 Å². The minimum atomic E-state index is -0.453. The molecule has 2 unspecified atom stereocenters. The number of aromatic amines is 1. The largest absolute Gasteiger partial charge is 0.491 e. The van der Waals surface area contributed by atoms with E-state index in [-0.39, 0.29) is 24.0 Å². The van der Waals surface area contributed by atoms with Gasteiger partial charge in [0.05, 0.1) is 18.1 Å². The van der Waals surface area contributed by atoms with Gasteiger partial charge in [-0.15, -0.1) is 0 Å². The van der Waals surface area contributed by atoms with E-state index < -0.39 is 5.60 Å². The van der Waals surface area contributed by atoms with Gasteiger partial charge in [0, 0.05) is 85.8 Å². The lowest BCUT2D eigenvalue weighted by Gasteiger charge is -2.44. The number of nitrogens with zero attached hydrogens (tertiary/aromatic N) is 5. The number of H-pyrrole nitrogens is 1. The molecule has 2 aliphatic carbocycles. The minimum absolute atomic E-state index is 0.0561. The normalized spacial score (nSPS) is 26.1. The average Bonchev–Trinajstić information content (AvgIpc) is 3.49. The Hall–Kier alpha value is -3.48. The van der Waals surface area contributed by atoms with E-state index in [1.165, 1.54) is 11.4 Å². The van der Waals surface area contributed by atoms with E-state index in [4.69, 9.17) is 26.1 Å². The summed E-state index contributed by atoms with van der Waals surface area (Å²) >= 11 is 6.33.